The van der Waals surface area contributed by atoms with Gasteiger partial charge in [-0.2, -0.15) is 5.10 Å². The summed E-state index contributed by atoms with van der Waals surface area (Å²) in [4.78, 5) is 20.4. The van der Waals surface area contributed by atoms with E-state index in [4.69, 9.17) is 4.74 Å². The van der Waals surface area contributed by atoms with Crippen LogP contribution in [0.1, 0.15) is 48.7 Å². The van der Waals surface area contributed by atoms with Gasteiger partial charge in [-0.05, 0) is 44.7 Å². The molecule has 1 amide bonds. The van der Waals surface area contributed by atoms with E-state index in [1.54, 1.807) is 18.3 Å². The first-order chi connectivity index (χ1) is 14.6. The van der Waals surface area contributed by atoms with Crippen molar-refractivity contribution < 1.29 is 13.9 Å². The number of hydrogen-bond donors (Lipinski definition) is 0. The molecule has 6 nitrogen and oxygen atoms in total. The first kappa shape index (κ1) is 19.2. The van der Waals surface area contributed by atoms with E-state index in [1.807, 2.05) is 34.5 Å². The molecule has 2 saturated heterocycles. The van der Waals surface area contributed by atoms with Crippen molar-refractivity contribution in [2.24, 2.45) is 0 Å². The van der Waals surface area contributed by atoms with Crippen LogP contribution in [-0.4, -0.2) is 45.2 Å². The molecule has 0 spiro atoms. The summed E-state index contributed by atoms with van der Waals surface area (Å²) in [6.45, 7) is 3.50. The fourth-order valence-electron chi connectivity index (χ4n) is 5.04. The molecule has 1 atom stereocenters. The van der Waals surface area contributed by atoms with Gasteiger partial charge in [-0.25, -0.2) is 13.9 Å². The molecular weight excluding hydrogens is 383 g/mol. The summed E-state index contributed by atoms with van der Waals surface area (Å²) >= 11 is 0. The number of ether oxygens (including phenoxy) is 1. The number of likely N-dealkylation sites (tertiary alicyclic amines) is 1. The number of aryl methyl sites for hydroxylation is 1. The second-order valence-electron chi connectivity index (χ2n) is 8.26. The fourth-order valence-corrected chi connectivity index (χ4v) is 5.04. The summed E-state index contributed by atoms with van der Waals surface area (Å²) in [5.41, 5.74) is 2.21. The number of fused-ring (bicyclic) bond motifs is 1. The Morgan fingerprint density at radius 2 is 2.03 bits per heavy atom. The minimum Gasteiger partial charge on any atom is -0.381 e. The van der Waals surface area contributed by atoms with Gasteiger partial charge in [0.15, 0.2) is 5.65 Å². The van der Waals surface area contributed by atoms with Crippen LogP contribution in [0.25, 0.3) is 5.65 Å². The predicted octanol–water partition coefficient (Wildman–Crippen LogP) is 3.59. The number of benzene rings is 1. The number of rotatable bonds is 3. The molecule has 30 heavy (non-hydrogen) atoms. The Kier molecular flexibility index (Phi) is 4.77. The molecule has 5 rings (SSSR count). The Balaban J connectivity index is 1.57. The van der Waals surface area contributed by atoms with Crippen LogP contribution >= 0.6 is 0 Å². The van der Waals surface area contributed by atoms with Gasteiger partial charge in [0.25, 0.3) is 0 Å². The second kappa shape index (κ2) is 7.47. The predicted molar refractivity (Wildman–Crippen MR) is 110 cm³/mol. The number of aromatic nitrogens is 3. The molecule has 0 aliphatic carbocycles. The van der Waals surface area contributed by atoms with Crippen LogP contribution in [0.5, 0.6) is 0 Å². The van der Waals surface area contributed by atoms with Crippen molar-refractivity contribution in [1.82, 2.24) is 19.5 Å². The maximum Gasteiger partial charge on any atom is 0.234 e. The summed E-state index contributed by atoms with van der Waals surface area (Å²) < 4.78 is 22.3. The normalized spacial score (nSPS) is 21.3. The van der Waals surface area contributed by atoms with Crippen LogP contribution in [0.2, 0.25) is 0 Å². The Bertz CT molecular complexity index is 1090. The summed E-state index contributed by atoms with van der Waals surface area (Å²) in [6, 6.07) is 10.4. The highest BCUT2D eigenvalue weighted by atomic mass is 19.1. The molecule has 2 aromatic heterocycles. The van der Waals surface area contributed by atoms with Gasteiger partial charge in [-0.3, -0.25) is 4.79 Å². The lowest BCUT2D eigenvalue weighted by atomic mass is 9.72. The fraction of sp³-hybridized carbons (Fsp3) is 0.435. The quantitative estimate of drug-likeness (QED) is 0.665. The zero-order valence-corrected chi connectivity index (χ0v) is 17.1. The molecule has 0 saturated carbocycles. The number of amides is 1. The number of carbonyl (C=O) groups is 1. The first-order valence-corrected chi connectivity index (χ1v) is 10.6. The lowest BCUT2D eigenvalue weighted by Gasteiger charge is -2.41. The SMILES string of the molecule is Cc1cc2nccc([C@H]3CCCN3C(=O)C3(c4ccccc4F)CCOCC3)n2n1. The topological polar surface area (TPSA) is 59.7 Å². The van der Waals surface area contributed by atoms with E-state index in [0.29, 0.717) is 38.2 Å². The van der Waals surface area contributed by atoms with Crippen LogP contribution in [0, 0.1) is 12.7 Å². The summed E-state index contributed by atoms with van der Waals surface area (Å²) in [6.07, 6.45) is 4.51. The molecule has 0 radical (unpaired) electrons. The lowest BCUT2D eigenvalue weighted by molar-refractivity contribution is -0.142. The van der Waals surface area contributed by atoms with Gasteiger partial charge in [-0.15, -0.1) is 0 Å². The Morgan fingerprint density at radius 3 is 2.83 bits per heavy atom. The van der Waals surface area contributed by atoms with Gasteiger partial charge in [0.05, 0.1) is 22.8 Å². The lowest BCUT2D eigenvalue weighted by Crippen LogP contribution is -2.50. The number of nitrogens with zero attached hydrogens (tertiary/aromatic N) is 4. The molecule has 2 fully saturated rings. The minimum atomic E-state index is -0.891. The third kappa shape index (κ3) is 2.99. The van der Waals surface area contributed by atoms with Gasteiger partial charge >= 0.3 is 0 Å². The van der Waals surface area contributed by atoms with Crippen molar-refractivity contribution in [3.05, 3.63) is 65.4 Å². The van der Waals surface area contributed by atoms with Crippen molar-refractivity contribution in [2.45, 2.75) is 44.1 Å². The van der Waals surface area contributed by atoms with Crippen molar-refractivity contribution >= 4 is 11.6 Å². The van der Waals surface area contributed by atoms with Crippen LogP contribution < -0.4 is 0 Å². The summed E-state index contributed by atoms with van der Waals surface area (Å²) in [5.74, 6) is -0.329. The molecule has 0 N–H and O–H groups in total. The molecule has 156 valence electrons. The minimum absolute atomic E-state index is 0.00718. The average Bonchev–Trinajstić information content (AvgIpc) is 3.39. The van der Waals surface area contributed by atoms with E-state index in [1.165, 1.54) is 6.07 Å². The first-order valence-electron chi connectivity index (χ1n) is 10.6. The van der Waals surface area contributed by atoms with E-state index < -0.39 is 5.41 Å². The van der Waals surface area contributed by atoms with Crippen LogP contribution in [0.4, 0.5) is 4.39 Å². The van der Waals surface area contributed by atoms with E-state index in [2.05, 4.69) is 10.1 Å². The van der Waals surface area contributed by atoms with E-state index >= 15 is 0 Å². The van der Waals surface area contributed by atoms with Crippen molar-refractivity contribution in [2.75, 3.05) is 19.8 Å². The molecule has 4 heterocycles. The maximum absolute atomic E-state index is 14.9. The van der Waals surface area contributed by atoms with Crippen LogP contribution in [0.3, 0.4) is 0 Å². The van der Waals surface area contributed by atoms with E-state index in [9.17, 15) is 9.18 Å². The van der Waals surface area contributed by atoms with Gasteiger partial charge < -0.3 is 9.64 Å². The number of carbonyl (C=O) groups excluding carboxylic acids is 1. The molecule has 0 unspecified atom stereocenters. The Hall–Kier alpha value is -2.80. The van der Waals surface area contributed by atoms with Crippen LogP contribution in [-0.2, 0) is 14.9 Å². The highest BCUT2D eigenvalue weighted by molar-refractivity contribution is 5.89. The molecule has 1 aromatic carbocycles. The van der Waals surface area contributed by atoms with Crippen molar-refractivity contribution in [3.8, 4) is 0 Å². The smallest absolute Gasteiger partial charge is 0.234 e. The van der Waals surface area contributed by atoms with Gasteiger partial charge in [0, 0.05) is 37.6 Å². The maximum atomic E-state index is 14.9. The Labute approximate surface area is 174 Å². The summed E-state index contributed by atoms with van der Waals surface area (Å²) in [7, 11) is 0. The Morgan fingerprint density at radius 1 is 1.23 bits per heavy atom. The third-order valence-electron chi connectivity index (χ3n) is 6.51. The van der Waals surface area contributed by atoms with Gasteiger partial charge in [0.1, 0.15) is 5.82 Å². The molecule has 2 aliphatic rings. The van der Waals surface area contributed by atoms with Gasteiger partial charge in [-0.1, -0.05) is 18.2 Å². The summed E-state index contributed by atoms with van der Waals surface area (Å²) in [5, 5.41) is 4.59. The molecule has 0 bridgehead atoms. The average molecular weight is 408 g/mol. The molecule has 3 aromatic rings. The largest absolute Gasteiger partial charge is 0.381 e. The third-order valence-corrected chi connectivity index (χ3v) is 6.51. The van der Waals surface area contributed by atoms with Crippen molar-refractivity contribution in [3.63, 3.8) is 0 Å². The molecule has 7 heteroatoms. The number of hydrogen-bond acceptors (Lipinski definition) is 4. The molecular formula is C23H25FN4O2. The monoisotopic (exact) mass is 408 g/mol. The zero-order chi connectivity index (χ0) is 20.7. The number of halogens is 1. The standard InChI is InChI=1S/C23H25FN4O2/c1-16-15-21-25-11-8-20(28(21)26-16)19-7-4-12-27(19)22(29)23(9-13-30-14-10-23)17-5-2-3-6-18(17)24/h2-3,5-6,8,11,15,19H,4,7,9-10,12-14H2,1H3/t19-/m1/s1. The van der Waals surface area contributed by atoms with Crippen LogP contribution in [0.15, 0.2) is 42.6 Å². The second-order valence-corrected chi connectivity index (χ2v) is 8.26. The van der Waals surface area contributed by atoms with Crippen molar-refractivity contribution in [1.29, 1.82) is 0 Å². The van der Waals surface area contributed by atoms with Gasteiger partial charge in [0.2, 0.25) is 5.91 Å². The van der Waals surface area contributed by atoms with E-state index in [0.717, 1.165) is 29.9 Å². The highest BCUT2D eigenvalue weighted by Crippen LogP contribution is 2.42. The van der Waals surface area contributed by atoms with E-state index in [-0.39, 0.29) is 17.8 Å². The molecule has 2 aliphatic heterocycles. The highest BCUT2D eigenvalue weighted by Gasteiger charge is 2.48. The zero-order valence-electron chi connectivity index (χ0n) is 17.1.